The van der Waals surface area contributed by atoms with Gasteiger partial charge in [0.05, 0.1) is 0 Å². The molecule has 2 heteroatoms. The first kappa shape index (κ1) is 37.5. The summed E-state index contributed by atoms with van der Waals surface area (Å²) in [5, 5.41) is 16.4. The average Bonchev–Trinajstić information content (AvgIpc) is 3.62. The third-order valence-corrected chi connectivity index (χ3v) is 13.5. The number of hydrogen-bond donors (Lipinski definition) is 1. The van der Waals surface area contributed by atoms with E-state index in [0.29, 0.717) is 5.75 Å². The van der Waals surface area contributed by atoms with Gasteiger partial charge >= 0.3 is 0 Å². The number of phenols is 1. The number of rotatable bonds is 7. The Bertz CT molecular complexity index is 3000. The molecule has 0 spiro atoms. The van der Waals surface area contributed by atoms with Crippen LogP contribution < -0.4 is 5.46 Å². The van der Waals surface area contributed by atoms with Gasteiger partial charge in [-0.3, -0.25) is 0 Å². The molecular formula is C56H51BO. The molecule has 0 saturated heterocycles. The van der Waals surface area contributed by atoms with Crippen LogP contribution in [0, 0.1) is 41.5 Å². The maximum Gasteiger partial charge on any atom is 0.140 e. The van der Waals surface area contributed by atoms with Gasteiger partial charge in [0.1, 0.15) is 13.6 Å². The number of fused-ring (bicyclic) bond motifs is 5. The molecule has 1 aliphatic carbocycles. The number of phenolic OH excluding ortho intramolecular Hbond substituents is 1. The Labute approximate surface area is 345 Å². The number of aryl methyl sites for hydroxylation is 5. The number of hydrogen-bond acceptors (Lipinski definition) is 1. The van der Waals surface area contributed by atoms with Crippen molar-refractivity contribution in [3.63, 3.8) is 0 Å². The lowest BCUT2D eigenvalue weighted by molar-refractivity contribution is 0.467. The first-order valence-corrected chi connectivity index (χ1v) is 20.9. The van der Waals surface area contributed by atoms with Gasteiger partial charge in [-0.05, 0) is 187 Å². The maximum atomic E-state index is 11.7. The predicted molar refractivity (Wildman–Crippen MR) is 254 cm³/mol. The lowest BCUT2D eigenvalue weighted by Crippen LogP contribution is -2.15. The Kier molecular flexibility index (Phi) is 9.28. The van der Waals surface area contributed by atoms with Crippen LogP contribution in [0.3, 0.4) is 0 Å². The van der Waals surface area contributed by atoms with E-state index in [1.807, 2.05) is 6.08 Å². The van der Waals surface area contributed by atoms with Crippen molar-refractivity contribution in [1.29, 1.82) is 0 Å². The second kappa shape index (κ2) is 14.4. The van der Waals surface area contributed by atoms with Gasteiger partial charge in [0.2, 0.25) is 0 Å². The summed E-state index contributed by atoms with van der Waals surface area (Å²) in [4.78, 5) is 0. The van der Waals surface area contributed by atoms with Crippen molar-refractivity contribution < 1.29 is 5.11 Å². The Morgan fingerprint density at radius 1 is 0.552 bits per heavy atom. The molecule has 0 heterocycles. The van der Waals surface area contributed by atoms with E-state index in [9.17, 15) is 5.11 Å². The molecule has 1 nitrogen and oxygen atoms in total. The molecule has 0 amide bonds. The molecule has 0 radical (unpaired) electrons. The first-order chi connectivity index (χ1) is 28.0. The fourth-order valence-corrected chi connectivity index (χ4v) is 10.2. The van der Waals surface area contributed by atoms with Crippen LogP contribution in [0.1, 0.15) is 69.0 Å². The third kappa shape index (κ3) is 5.60. The van der Waals surface area contributed by atoms with Crippen LogP contribution >= 0.6 is 0 Å². The second-order valence-electron chi connectivity index (χ2n) is 16.7. The van der Waals surface area contributed by atoms with Crippen molar-refractivity contribution in [3.05, 3.63) is 171 Å². The van der Waals surface area contributed by atoms with Crippen LogP contribution in [-0.4, -0.2) is 13.0 Å². The molecule has 0 unspecified atom stereocenters. The molecule has 284 valence electrons. The monoisotopic (exact) mass is 750 g/mol. The van der Waals surface area contributed by atoms with Crippen LogP contribution in [0.4, 0.5) is 0 Å². The van der Waals surface area contributed by atoms with Crippen LogP contribution in [0.25, 0.3) is 83.3 Å². The van der Waals surface area contributed by atoms with Crippen LogP contribution in [0.5, 0.6) is 5.75 Å². The largest absolute Gasteiger partial charge is 0.507 e. The summed E-state index contributed by atoms with van der Waals surface area (Å²) >= 11 is 0. The highest BCUT2D eigenvalue weighted by Crippen LogP contribution is 2.52. The van der Waals surface area contributed by atoms with Gasteiger partial charge in [-0.25, -0.2) is 0 Å². The normalized spacial score (nSPS) is 12.0. The molecule has 0 saturated carbocycles. The molecule has 0 aliphatic heterocycles. The van der Waals surface area contributed by atoms with Gasteiger partial charge in [0.15, 0.2) is 0 Å². The molecule has 8 aromatic carbocycles. The SMILES string of the molecule is Bc1c(C)c(C=C)c2c(-c3ccccc3)c3c(C)c(O)c(C)c(C)c3c(-c3ccc(-c4ccc5c(c4)Cc4ccc(CCC)c(-c6ccccc6C)c4-5)cc3)c2c1C. The zero-order chi connectivity index (χ0) is 40.6. The van der Waals surface area contributed by atoms with E-state index in [-0.39, 0.29) is 0 Å². The minimum Gasteiger partial charge on any atom is -0.507 e. The molecule has 9 rings (SSSR count). The summed E-state index contributed by atoms with van der Waals surface area (Å²) in [6, 6.07) is 40.7. The Hall–Kier alpha value is -6.12. The summed E-state index contributed by atoms with van der Waals surface area (Å²) in [6.07, 6.45) is 5.18. The van der Waals surface area contributed by atoms with Gasteiger partial charge in [-0.1, -0.05) is 141 Å². The predicted octanol–water partition coefficient (Wildman–Crippen LogP) is 13.6. The van der Waals surface area contributed by atoms with E-state index in [2.05, 4.69) is 172 Å². The van der Waals surface area contributed by atoms with Crippen molar-refractivity contribution >= 4 is 40.9 Å². The quantitative estimate of drug-likeness (QED) is 0.127. The Morgan fingerprint density at radius 2 is 1.17 bits per heavy atom. The summed E-state index contributed by atoms with van der Waals surface area (Å²) in [7, 11) is 2.25. The summed E-state index contributed by atoms with van der Waals surface area (Å²) in [5.41, 5.74) is 26.2. The molecular weight excluding hydrogens is 699 g/mol. The van der Waals surface area contributed by atoms with E-state index >= 15 is 0 Å². The minimum absolute atomic E-state index is 0.370. The van der Waals surface area contributed by atoms with E-state index in [0.717, 1.165) is 58.0 Å². The Morgan fingerprint density at radius 3 is 1.88 bits per heavy atom. The summed E-state index contributed by atoms with van der Waals surface area (Å²) in [5.74, 6) is 0.370. The molecule has 0 atom stereocenters. The van der Waals surface area contributed by atoms with Gasteiger partial charge < -0.3 is 5.11 Å². The van der Waals surface area contributed by atoms with Crippen molar-refractivity contribution in [2.75, 3.05) is 0 Å². The molecule has 8 aromatic rings. The topological polar surface area (TPSA) is 20.2 Å². The van der Waals surface area contributed by atoms with Crippen molar-refractivity contribution in [3.8, 4) is 61.4 Å². The molecule has 0 bridgehead atoms. The van der Waals surface area contributed by atoms with E-state index in [4.69, 9.17) is 0 Å². The smallest absolute Gasteiger partial charge is 0.140 e. The lowest BCUT2D eigenvalue weighted by atomic mass is 9.74. The average molecular weight is 751 g/mol. The molecule has 1 aliphatic rings. The van der Waals surface area contributed by atoms with E-state index in [1.54, 1.807) is 0 Å². The van der Waals surface area contributed by atoms with Crippen LogP contribution in [0.15, 0.2) is 116 Å². The van der Waals surface area contributed by atoms with E-state index < -0.39 is 0 Å². The zero-order valence-electron chi connectivity index (χ0n) is 35.2. The van der Waals surface area contributed by atoms with Gasteiger partial charge in [0.25, 0.3) is 0 Å². The van der Waals surface area contributed by atoms with E-state index in [1.165, 1.54) is 99.5 Å². The molecule has 0 fully saturated rings. The van der Waals surface area contributed by atoms with Gasteiger partial charge in [-0.15, -0.1) is 0 Å². The lowest BCUT2D eigenvalue weighted by Gasteiger charge is -2.27. The molecule has 58 heavy (non-hydrogen) atoms. The first-order valence-electron chi connectivity index (χ1n) is 20.9. The van der Waals surface area contributed by atoms with Crippen LogP contribution in [0.2, 0.25) is 0 Å². The fraction of sp³-hybridized carbons (Fsp3) is 0.179. The van der Waals surface area contributed by atoms with Crippen molar-refractivity contribution in [1.82, 2.24) is 0 Å². The zero-order valence-corrected chi connectivity index (χ0v) is 35.2. The summed E-state index contributed by atoms with van der Waals surface area (Å²) in [6.45, 7) is 19.7. The van der Waals surface area contributed by atoms with Gasteiger partial charge in [0, 0.05) is 0 Å². The maximum absolute atomic E-state index is 11.7. The standard InChI is InChI=1S/C56H51BO/c1-9-16-38-25-26-42-30-43-29-41(27-28-46(43)51(42)50(38)45-20-15-14-17-31(45)3)37-21-23-40(24-22-37)52-47-32(4)33(5)56(58)36(8)49(47)53(39-18-12-11-13-19-39)54-44(10-2)34(6)55(57)35(7)48(52)54/h10-15,17-29,58H,2,9,16,30,57H2,1,3-8H3. The molecule has 1 N–H and O–H groups in total. The number of benzene rings is 8. The minimum atomic E-state index is 0.370. The van der Waals surface area contributed by atoms with Crippen LogP contribution in [-0.2, 0) is 12.8 Å². The molecule has 0 aromatic heterocycles. The highest BCUT2D eigenvalue weighted by atomic mass is 16.3. The number of aromatic hydroxyl groups is 1. The highest BCUT2D eigenvalue weighted by molar-refractivity contribution is 6.38. The van der Waals surface area contributed by atoms with Crippen molar-refractivity contribution in [2.24, 2.45) is 0 Å². The second-order valence-corrected chi connectivity index (χ2v) is 16.7. The third-order valence-electron chi connectivity index (χ3n) is 13.5. The fourth-order valence-electron chi connectivity index (χ4n) is 10.2. The Balaban J connectivity index is 1.25. The van der Waals surface area contributed by atoms with Gasteiger partial charge in [-0.2, -0.15) is 0 Å². The summed E-state index contributed by atoms with van der Waals surface area (Å²) < 4.78 is 0. The van der Waals surface area contributed by atoms with Crippen molar-refractivity contribution in [2.45, 2.75) is 67.7 Å². The highest BCUT2D eigenvalue weighted by Gasteiger charge is 2.28.